The highest BCUT2D eigenvalue weighted by Gasteiger charge is 2.16. The summed E-state index contributed by atoms with van der Waals surface area (Å²) in [6, 6.07) is 9.17. The monoisotopic (exact) mass is 256 g/mol. The first-order valence-corrected chi connectivity index (χ1v) is 6.00. The molecule has 0 radical (unpaired) electrons. The third-order valence-electron chi connectivity index (χ3n) is 2.75. The largest absolute Gasteiger partial charge is 0.372 e. The lowest BCUT2D eigenvalue weighted by Gasteiger charge is -2.18. The fourth-order valence-corrected chi connectivity index (χ4v) is 1.79. The highest BCUT2D eigenvalue weighted by Crippen LogP contribution is 2.14. The van der Waals surface area contributed by atoms with E-state index in [1.807, 2.05) is 18.2 Å². The van der Waals surface area contributed by atoms with Gasteiger partial charge in [-0.25, -0.2) is 4.98 Å². The lowest BCUT2D eigenvalue weighted by atomic mass is 10.2. The molecular formula is C14H16N4O. The fraction of sp³-hybridized carbons (Fsp3) is 0.214. The molecule has 5 heteroatoms. The zero-order valence-electron chi connectivity index (χ0n) is 11.0. The minimum absolute atomic E-state index is 0.0805. The second kappa shape index (κ2) is 5.95. The second-order valence-corrected chi connectivity index (χ2v) is 4.13. The first-order valence-electron chi connectivity index (χ1n) is 6.00. The maximum Gasteiger partial charge on any atom is 0.257 e. The number of nitrogens with zero attached hydrogens (tertiary/aromatic N) is 3. The topological polar surface area (TPSA) is 58.1 Å². The smallest absolute Gasteiger partial charge is 0.257 e. The molecule has 19 heavy (non-hydrogen) atoms. The van der Waals surface area contributed by atoms with Crippen LogP contribution in [0.2, 0.25) is 0 Å². The quantitative estimate of drug-likeness (QED) is 0.906. The molecule has 1 N–H and O–H groups in total. The van der Waals surface area contributed by atoms with Crippen molar-refractivity contribution in [3.05, 3.63) is 54.0 Å². The highest BCUT2D eigenvalue weighted by atomic mass is 16.2. The normalized spacial score (nSPS) is 10.0. The third-order valence-corrected chi connectivity index (χ3v) is 2.75. The van der Waals surface area contributed by atoms with Crippen LogP contribution in [-0.4, -0.2) is 34.9 Å². The molecule has 0 saturated carbocycles. The average molecular weight is 256 g/mol. The van der Waals surface area contributed by atoms with Gasteiger partial charge in [0.25, 0.3) is 5.91 Å². The Hall–Kier alpha value is -2.43. The molecule has 1 amide bonds. The van der Waals surface area contributed by atoms with Crippen molar-refractivity contribution in [3.8, 4) is 0 Å². The minimum Gasteiger partial charge on any atom is -0.372 e. The van der Waals surface area contributed by atoms with Crippen molar-refractivity contribution >= 4 is 11.7 Å². The first kappa shape index (κ1) is 13.0. The van der Waals surface area contributed by atoms with Gasteiger partial charge in [0.05, 0.1) is 17.8 Å². The number of rotatable bonds is 4. The summed E-state index contributed by atoms with van der Waals surface area (Å²) in [4.78, 5) is 22.3. The summed E-state index contributed by atoms with van der Waals surface area (Å²) in [5, 5.41) is 2.92. The molecule has 0 aliphatic heterocycles. The zero-order chi connectivity index (χ0) is 13.7. The Labute approximate surface area is 112 Å². The number of nitrogens with one attached hydrogen (secondary N) is 1. The van der Waals surface area contributed by atoms with E-state index in [4.69, 9.17) is 0 Å². The number of aromatic nitrogens is 2. The van der Waals surface area contributed by atoms with Crippen LogP contribution in [0.25, 0.3) is 0 Å². The standard InChI is InChI=1S/C14H16N4O/c1-15-13-12(7-5-9-17-13)14(19)18(2)10-11-6-3-4-8-16-11/h3-9H,10H2,1-2H3,(H,15,17). The van der Waals surface area contributed by atoms with E-state index in [1.165, 1.54) is 0 Å². The Morgan fingerprint density at radius 1 is 1.21 bits per heavy atom. The molecule has 2 heterocycles. The fourth-order valence-electron chi connectivity index (χ4n) is 1.79. The molecule has 0 bridgehead atoms. The first-order chi connectivity index (χ1) is 9.22. The van der Waals surface area contributed by atoms with Crippen LogP contribution in [0.5, 0.6) is 0 Å². The van der Waals surface area contributed by atoms with Crippen molar-refractivity contribution < 1.29 is 4.79 Å². The van der Waals surface area contributed by atoms with Crippen LogP contribution in [0.15, 0.2) is 42.7 Å². The number of pyridine rings is 2. The molecule has 0 aliphatic rings. The van der Waals surface area contributed by atoms with Gasteiger partial charge in [0.1, 0.15) is 5.82 Å². The molecule has 2 aromatic rings. The SMILES string of the molecule is CNc1ncccc1C(=O)N(C)Cc1ccccn1. The number of hydrogen-bond donors (Lipinski definition) is 1. The Bertz CT molecular complexity index is 556. The van der Waals surface area contributed by atoms with E-state index in [0.29, 0.717) is 17.9 Å². The maximum atomic E-state index is 12.3. The van der Waals surface area contributed by atoms with Crippen LogP contribution in [-0.2, 0) is 6.54 Å². The predicted octanol–water partition coefficient (Wildman–Crippen LogP) is 1.79. The van der Waals surface area contributed by atoms with Crippen molar-refractivity contribution in [1.82, 2.24) is 14.9 Å². The summed E-state index contributed by atoms with van der Waals surface area (Å²) in [5.74, 6) is 0.503. The van der Waals surface area contributed by atoms with Gasteiger partial charge in [-0.2, -0.15) is 0 Å². The molecule has 0 aliphatic carbocycles. The van der Waals surface area contributed by atoms with Gasteiger partial charge in [-0.05, 0) is 24.3 Å². The number of carbonyl (C=O) groups excluding carboxylic acids is 1. The van der Waals surface area contributed by atoms with Crippen LogP contribution in [0.1, 0.15) is 16.1 Å². The van der Waals surface area contributed by atoms with E-state index in [2.05, 4.69) is 15.3 Å². The summed E-state index contributed by atoms with van der Waals surface area (Å²) in [5.41, 5.74) is 1.41. The number of anilines is 1. The Morgan fingerprint density at radius 2 is 2.00 bits per heavy atom. The van der Waals surface area contributed by atoms with E-state index in [-0.39, 0.29) is 5.91 Å². The molecule has 0 atom stereocenters. The molecule has 5 nitrogen and oxygen atoms in total. The van der Waals surface area contributed by atoms with E-state index < -0.39 is 0 Å². The summed E-state index contributed by atoms with van der Waals surface area (Å²) < 4.78 is 0. The summed E-state index contributed by atoms with van der Waals surface area (Å²) in [6.45, 7) is 0.470. The zero-order valence-corrected chi connectivity index (χ0v) is 11.0. The van der Waals surface area contributed by atoms with Crippen LogP contribution in [0, 0.1) is 0 Å². The lowest BCUT2D eigenvalue weighted by molar-refractivity contribution is 0.0784. The Balaban J connectivity index is 2.15. The summed E-state index contributed by atoms with van der Waals surface area (Å²) in [7, 11) is 3.50. The third kappa shape index (κ3) is 3.07. The van der Waals surface area contributed by atoms with Gasteiger partial charge in [0.2, 0.25) is 0 Å². The number of amides is 1. The van der Waals surface area contributed by atoms with Gasteiger partial charge in [0.15, 0.2) is 0 Å². The van der Waals surface area contributed by atoms with Gasteiger partial charge >= 0.3 is 0 Å². The van der Waals surface area contributed by atoms with Gasteiger partial charge in [-0.15, -0.1) is 0 Å². The van der Waals surface area contributed by atoms with Gasteiger partial charge in [-0.3, -0.25) is 9.78 Å². The van der Waals surface area contributed by atoms with Crippen molar-refractivity contribution in [2.45, 2.75) is 6.54 Å². The van der Waals surface area contributed by atoms with Crippen molar-refractivity contribution in [2.24, 2.45) is 0 Å². The highest BCUT2D eigenvalue weighted by molar-refractivity contribution is 5.98. The average Bonchev–Trinajstić information content (AvgIpc) is 2.47. The van der Waals surface area contributed by atoms with E-state index in [1.54, 1.807) is 43.5 Å². The molecule has 0 fully saturated rings. The predicted molar refractivity (Wildman–Crippen MR) is 73.8 cm³/mol. The lowest BCUT2D eigenvalue weighted by Crippen LogP contribution is -2.27. The minimum atomic E-state index is -0.0805. The molecule has 2 aromatic heterocycles. The van der Waals surface area contributed by atoms with E-state index in [0.717, 1.165) is 5.69 Å². The van der Waals surface area contributed by atoms with Gasteiger partial charge < -0.3 is 10.2 Å². The molecule has 0 spiro atoms. The Morgan fingerprint density at radius 3 is 2.68 bits per heavy atom. The maximum absolute atomic E-state index is 12.3. The number of hydrogen-bond acceptors (Lipinski definition) is 4. The molecule has 2 rings (SSSR count). The van der Waals surface area contributed by atoms with Crippen molar-refractivity contribution in [2.75, 3.05) is 19.4 Å². The van der Waals surface area contributed by atoms with Gasteiger partial charge in [0, 0.05) is 26.5 Å². The van der Waals surface area contributed by atoms with E-state index in [9.17, 15) is 4.79 Å². The van der Waals surface area contributed by atoms with Crippen LogP contribution < -0.4 is 5.32 Å². The van der Waals surface area contributed by atoms with Crippen LogP contribution in [0.3, 0.4) is 0 Å². The van der Waals surface area contributed by atoms with Crippen LogP contribution in [0.4, 0.5) is 5.82 Å². The number of carbonyl (C=O) groups is 1. The molecule has 0 aromatic carbocycles. The van der Waals surface area contributed by atoms with Gasteiger partial charge in [-0.1, -0.05) is 6.07 Å². The molecule has 0 saturated heterocycles. The van der Waals surface area contributed by atoms with Crippen molar-refractivity contribution in [3.63, 3.8) is 0 Å². The molecule has 0 unspecified atom stereocenters. The molecular weight excluding hydrogens is 240 g/mol. The second-order valence-electron chi connectivity index (χ2n) is 4.13. The van der Waals surface area contributed by atoms with E-state index >= 15 is 0 Å². The summed E-state index contributed by atoms with van der Waals surface area (Å²) in [6.07, 6.45) is 3.37. The van der Waals surface area contributed by atoms with Crippen molar-refractivity contribution in [1.29, 1.82) is 0 Å². The van der Waals surface area contributed by atoms with Crippen LogP contribution >= 0.6 is 0 Å². The summed E-state index contributed by atoms with van der Waals surface area (Å²) >= 11 is 0. The Kier molecular flexibility index (Phi) is 4.07. The molecule has 98 valence electrons.